The summed E-state index contributed by atoms with van der Waals surface area (Å²) in [5.74, 6) is -2.75. The van der Waals surface area contributed by atoms with E-state index in [1.54, 1.807) is 28.4 Å². The van der Waals surface area contributed by atoms with Crippen LogP contribution in [-0.4, -0.2) is 46.4 Å². The first-order chi connectivity index (χ1) is 14.8. The Balaban J connectivity index is 1.60. The molecule has 0 aromatic carbocycles. The van der Waals surface area contributed by atoms with Crippen LogP contribution in [0, 0.1) is 6.92 Å². The average molecular weight is 426 g/mol. The molecule has 0 amide bonds. The van der Waals surface area contributed by atoms with Gasteiger partial charge in [0.15, 0.2) is 11.5 Å². The van der Waals surface area contributed by atoms with Crippen LogP contribution in [-0.2, 0) is 12.5 Å². The summed E-state index contributed by atoms with van der Waals surface area (Å²) in [6.07, 6.45) is 4.91. The molecule has 0 unspecified atom stereocenters. The van der Waals surface area contributed by atoms with E-state index in [0.29, 0.717) is 35.3 Å². The lowest BCUT2D eigenvalue weighted by Gasteiger charge is -2.06. The van der Waals surface area contributed by atoms with Gasteiger partial charge in [-0.1, -0.05) is 5.16 Å². The SMILES string of the molecule is COc1ncnn2ccc(-c3cnc4nc(C)n(Cc5noc(C(C)(F)F)n5)c4c3)c12. The molecule has 12 heteroatoms. The normalized spacial score (nSPS) is 12.2. The summed E-state index contributed by atoms with van der Waals surface area (Å²) in [5, 5.41) is 7.87. The minimum atomic E-state index is -3.20. The van der Waals surface area contributed by atoms with Crippen LogP contribution < -0.4 is 4.74 Å². The van der Waals surface area contributed by atoms with E-state index in [2.05, 4.69) is 30.2 Å². The summed E-state index contributed by atoms with van der Waals surface area (Å²) in [4.78, 5) is 16.9. The molecule has 0 aliphatic rings. The molecule has 0 radical (unpaired) electrons. The number of aromatic nitrogens is 8. The van der Waals surface area contributed by atoms with Crippen LogP contribution in [0.15, 0.2) is 35.4 Å². The number of methoxy groups -OCH3 is 1. The maximum absolute atomic E-state index is 13.4. The summed E-state index contributed by atoms with van der Waals surface area (Å²) in [7, 11) is 1.54. The maximum Gasteiger partial charge on any atom is 0.322 e. The lowest BCUT2D eigenvalue weighted by Crippen LogP contribution is -2.08. The fraction of sp³-hybridized carbons (Fsp3) is 0.263. The van der Waals surface area contributed by atoms with Crippen LogP contribution in [0.2, 0.25) is 0 Å². The monoisotopic (exact) mass is 426 g/mol. The molecule has 31 heavy (non-hydrogen) atoms. The van der Waals surface area contributed by atoms with E-state index in [9.17, 15) is 8.78 Å². The topological polar surface area (TPSA) is 109 Å². The Morgan fingerprint density at radius 1 is 1.23 bits per heavy atom. The van der Waals surface area contributed by atoms with Crippen LogP contribution in [0.25, 0.3) is 27.8 Å². The van der Waals surface area contributed by atoms with Crippen molar-refractivity contribution in [2.75, 3.05) is 7.11 Å². The van der Waals surface area contributed by atoms with Crippen molar-refractivity contribution in [2.45, 2.75) is 26.3 Å². The Morgan fingerprint density at radius 2 is 2.06 bits per heavy atom. The number of nitrogens with zero attached hydrogens (tertiary/aromatic N) is 8. The minimum Gasteiger partial charge on any atom is -0.479 e. The highest BCUT2D eigenvalue weighted by molar-refractivity contribution is 5.87. The van der Waals surface area contributed by atoms with Gasteiger partial charge in [0.2, 0.25) is 5.88 Å². The molecule has 5 heterocycles. The van der Waals surface area contributed by atoms with Gasteiger partial charge in [0.1, 0.15) is 17.7 Å². The predicted molar refractivity (Wildman–Crippen MR) is 104 cm³/mol. The lowest BCUT2D eigenvalue weighted by molar-refractivity contribution is -0.0158. The molecule has 0 saturated carbocycles. The number of aryl methyl sites for hydroxylation is 1. The van der Waals surface area contributed by atoms with E-state index in [1.165, 1.54) is 13.4 Å². The van der Waals surface area contributed by atoms with Gasteiger partial charge in [-0.05, 0) is 19.1 Å². The molecule has 0 atom stereocenters. The molecule has 0 saturated heterocycles. The van der Waals surface area contributed by atoms with Gasteiger partial charge < -0.3 is 13.8 Å². The van der Waals surface area contributed by atoms with Crippen LogP contribution in [0.5, 0.6) is 5.88 Å². The number of rotatable bonds is 5. The van der Waals surface area contributed by atoms with Gasteiger partial charge >= 0.3 is 5.92 Å². The minimum absolute atomic E-state index is 0.107. The molecule has 0 bridgehead atoms. The van der Waals surface area contributed by atoms with Crippen molar-refractivity contribution < 1.29 is 18.0 Å². The van der Waals surface area contributed by atoms with Crippen molar-refractivity contribution in [3.8, 4) is 17.0 Å². The zero-order chi connectivity index (χ0) is 21.8. The Kier molecular flexibility index (Phi) is 4.17. The summed E-state index contributed by atoms with van der Waals surface area (Å²) in [5.41, 5.74) is 3.52. The van der Waals surface area contributed by atoms with Crippen LogP contribution in [0.3, 0.4) is 0 Å². The van der Waals surface area contributed by atoms with E-state index < -0.39 is 11.8 Å². The molecule has 0 N–H and O–H groups in total. The Bertz CT molecular complexity index is 1420. The van der Waals surface area contributed by atoms with Crippen molar-refractivity contribution >= 4 is 16.7 Å². The standard InChI is InChI=1S/C19H16F2N8O2/c1-10-25-16-13(28(10)8-14-26-18(31-27-14)19(2,20)21)6-11(7-22-16)12-4-5-29-15(12)17(30-3)23-9-24-29/h4-7,9H,8H2,1-3H3. The molecule has 5 aromatic heterocycles. The van der Waals surface area contributed by atoms with Gasteiger partial charge in [-0.15, -0.1) is 0 Å². The Hall–Kier alpha value is -3.96. The van der Waals surface area contributed by atoms with Crippen LogP contribution in [0.4, 0.5) is 8.78 Å². The van der Waals surface area contributed by atoms with E-state index in [1.807, 2.05) is 12.1 Å². The van der Waals surface area contributed by atoms with Crippen LogP contribution >= 0.6 is 0 Å². The highest BCUT2D eigenvalue weighted by atomic mass is 19.3. The zero-order valence-corrected chi connectivity index (χ0v) is 16.7. The number of hydrogen-bond acceptors (Lipinski definition) is 8. The van der Waals surface area contributed by atoms with E-state index in [-0.39, 0.29) is 12.4 Å². The first-order valence-corrected chi connectivity index (χ1v) is 9.25. The number of imidazole rings is 1. The summed E-state index contributed by atoms with van der Waals surface area (Å²) < 4.78 is 40.4. The summed E-state index contributed by atoms with van der Waals surface area (Å²) >= 11 is 0. The second-order valence-corrected chi connectivity index (χ2v) is 7.01. The largest absolute Gasteiger partial charge is 0.479 e. The lowest BCUT2D eigenvalue weighted by atomic mass is 10.1. The molecule has 0 fully saturated rings. The van der Waals surface area contributed by atoms with Crippen molar-refractivity contribution in [3.63, 3.8) is 0 Å². The predicted octanol–water partition coefficient (Wildman–Crippen LogP) is 3.00. The van der Waals surface area contributed by atoms with Gasteiger partial charge in [0, 0.05) is 30.4 Å². The molecular weight excluding hydrogens is 410 g/mol. The van der Waals surface area contributed by atoms with E-state index >= 15 is 0 Å². The third kappa shape index (κ3) is 3.16. The Morgan fingerprint density at radius 3 is 2.81 bits per heavy atom. The van der Waals surface area contributed by atoms with Gasteiger partial charge in [0.05, 0.1) is 19.2 Å². The maximum atomic E-state index is 13.4. The highest BCUT2D eigenvalue weighted by Gasteiger charge is 2.32. The van der Waals surface area contributed by atoms with Gasteiger partial charge in [0.25, 0.3) is 5.89 Å². The first-order valence-electron chi connectivity index (χ1n) is 9.25. The second-order valence-electron chi connectivity index (χ2n) is 7.01. The number of ether oxygens (including phenoxy) is 1. The third-order valence-electron chi connectivity index (χ3n) is 4.86. The molecule has 0 spiro atoms. The quantitative estimate of drug-likeness (QED) is 0.422. The number of pyridine rings is 1. The second kappa shape index (κ2) is 6.79. The molecular formula is C19H16F2N8O2. The number of fused-ring (bicyclic) bond motifs is 2. The van der Waals surface area contributed by atoms with E-state index in [0.717, 1.165) is 11.1 Å². The van der Waals surface area contributed by atoms with Crippen molar-refractivity contribution in [2.24, 2.45) is 0 Å². The summed E-state index contributed by atoms with van der Waals surface area (Å²) in [6.45, 7) is 2.61. The molecule has 0 aliphatic carbocycles. The molecule has 158 valence electrons. The smallest absolute Gasteiger partial charge is 0.322 e. The fourth-order valence-corrected chi connectivity index (χ4v) is 3.41. The number of hydrogen-bond donors (Lipinski definition) is 0. The molecule has 5 rings (SSSR count). The summed E-state index contributed by atoms with van der Waals surface area (Å²) in [6, 6.07) is 3.79. The van der Waals surface area contributed by atoms with Crippen molar-refractivity contribution in [3.05, 3.63) is 48.4 Å². The number of halogens is 2. The zero-order valence-electron chi connectivity index (χ0n) is 16.7. The highest BCUT2D eigenvalue weighted by Crippen LogP contribution is 2.32. The van der Waals surface area contributed by atoms with Gasteiger partial charge in [-0.3, -0.25) is 0 Å². The number of alkyl halides is 2. The van der Waals surface area contributed by atoms with E-state index in [4.69, 9.17) is 9.26 Å². The fourth-order valence-electron chi connectivity index (χ4n) is 3.41. The Labute approximate surface area is 173 Å². The molecule has 10 nitrogen and oxygen atoms in total. The molecule has 5 aromatic rings. The van der Waals surface area contributed by atoms with Crippen molar-refractivity contribution in [1.82, 2.24) is 39.3 Å². The van der Waals surface area contributed by atoms with Gasteiger partial charge in [-0.2, -0.15) is 23.8 Å². The first kappa shape index (κ1) is 19.0. The molecule has 0 aliphatic heterocycles. The van der Waals surface area contributed by atoms with Gasteiger partial charge in [-0.25, -0.2) is 14.5 Å². The van der Waals surface area contributed by atoms with Crippen molar-refractivity contribution in [1.29, 1.82) is 0 Å². The third-order valence-corrected chi connectivity index (χ3v) is 4.86. The average Bonchev–Trinajstić information content (AvgIpc) is 3.45. The van der Waals surface area contributed by atoms with Crippen LogP contribution in [0.1, 0.15) is 24.5 Å².